The van der Waals surface area contributed by atoms with E-state index < -0.39 is 17.6 Å². The molecule has 1 aromatic carbocycles. The molecule has 0 N–H and O–H groups in total. The number of benzene rings is 1. The number of esters is 1. The lowest BCUT2D eigenvalue weighted by atomic mass is 10.2. The van der Waals surface area contributed by atoms with Crippen LogP contribution in [-0.2, 0) is 4.74 Å². The van der Waals surface area contributed by atoms with Crippen LogP contribution in [0.25, 0.3) is 0 Å². The van der Waals surface area contributed by atoms with Crippen molar-refractivity contribution in [2.45, 2.75) is 0 Å². The first-order chi connectivity index (χ1) is 6.15. The Balaban J connectivity index is 2.96. The Kier molecular flexibility index (Phi) is 2.74. The fourth-order valence-electron chi connectivity index (χ4n) is 0.767. The van der Waals surface area contributed by atoms with E-state index in [1.807, 2.05) is 0 Å². The average molecular weight is 184 g/mol. The van der Waals surface area contributed by atoms with Crippen LogP contribution in [-0.4, -0.2) is 5.97 Å². The molecule has 0 saturated carbocycles. The fraction of sp³-hybridized carbons (Fsp3) is 0. The van der Waals surface area contributed by atoms with E-state index in [1.165, 1.54) is 0 Å². The third-order valence-corrected chi connectivity index (χ3v) is 1.35. The van der Waals surface area contributed by atoms with Crippen LogP contribution in [0.5, 0.6) is 0 Å². The van der Waals surface area contributed by atoms with Gasteiger partial charge < -0.3 is 4.74 Å². The molecule has 0 fully saturated rings. The highest BCUT2D eigenvalue weighted by molar-refractivity contribution is 5.89. The van der Waals surface area contributed by atoms with Crippen LogP contribution < -0.4 is 0 Å². The van der Waals surface area contributed by atoms with Gasteiger partial charge in [-0.2, -0.15) is 0 Å². The van der Waals surface area contributed by atoms with Crippen molar-refractivity contribution < 1.29 is 18.3 Å². The second-order valence-corrected chi connectivity index (χ2v) is 2.20. The molecule has 13 heavy (non-hydrogen) atoms. The Hall–Kier alpha value is -1.71. The highest BCUT2D eigenvalue weighted by atomic mass is 19.2. The average Bonchev–Trinajstić information content (AvgIpc) is 2.10. The lowest BCUT2D eigenvalue weighted by molar-refractivity contribution is 0.0663. The maximum Gasteiger partial charge on any atom is 0.343 e. The maximum atomic E-state index is 12.6. The summed E-state index contributed by atoms with van der Waals surface area (Å²) in [5.74, 6) is -2.86. The minimum absolute atomic E-state index is 0.0567. The summed E-state index contributed by atoms with van der Waals surface area (Å²) < 4.78 is 29.3. The van der Waals surface area contributed by atoms with Crippen molar-refractivity contribution in [3.63, 3.8) is 0 Å². The number of hydrogen-bond acceptors (Lipinski definition) is 2. The Labute approximate surface area is 73.4 Å². The summed E-state index contributed by atoms with van der Waals surface area (Å²) in [6.45, 7) is 3.16. The normalized spacial score (nSPS) is 9.38. The topological polar surface area (TPSA) is 26.3 Å². The SMILES string of the molecule is C=COC(=O)c1ccc(F)c(F)c1. The van der Waals surface area contributed by atoms with E-state index in [9.17, 15) is 13.6 Å². The predicted octanol–water partition coefficient (Wildman–Crippen LogP) is 2.27. The first-order valence-corrected chi connectivity index (χ1v) is 3.42. The summed E-state index contributed by atoms with van der Waals surface area (Å²) in [5, 5.41) is 0. The molecule has 0 saturated heterocycles. The van der Waals surface area contributed by atoms with Gasteiger partial charge in [-0.3, -0.25) is 0 Å². The van der Waals surface area contributed by atoms with Gasteiger partial charge in [0.15, 0.2) is 11.6 Å². The van der Waals surface area contributed by atoms with Gasteiger partial charge in [0.1, 0.15) is 0 Å². The third-order valence-electron chi connectivity index (χ3n) is 1.35. The zero-order chi connectivity index (χ0) is 9.84. The smallest absolute Gasteiger partial charge is 0.343 e. The zero-order valence-electron chi connectivity index (χ0n) is 6.59. The van der Waals surface area contributed by atoms with E-state index >= 15 is 0 Å². The molecule has 1 rings (SSSR count). The Morgan fingerprint density at radius 2 is 2.08 bits per heavy atom. The van der Waals surface area contributed by atoms with Crippen molar-refractivity contribution in [2.75, 3.05) is 0 Å². The molecule has 4 heteroatoms. The number of carbonyl (C=O) groups is 1. The molecule has 0 aliphatic carbocycles. The molecule has 0 aromatic heterocycles. The van der Waals surface area contributed by atoms with Crippen molar-refractivity contribution in [3.05, 3.63) is 48.2 Å². The van der Waals surface area contributed by atoms with Crippen molar-refractivity contribution in [1.82, 2.24) is 0 Å². The largest absolute Gasteiger partial charge is 0.432 e. The minimum atomic E-state index is -1.08. The molecule has 0 unspecified atom stereocenters. The van der Waals surface area contributed by atoms with E-state index in [2.05, 4.69) is 11.3 Å². The molecular weight excluding hydrogens is 178 g/mol. The summed E-state index contributed by atoms with van der Waals surface area (Å²) >= 11 is 0. The van der Waals surface area contributed by atoms with Crippen molar-refractivity contribution >= 4 is 5.97 Å². The highest BCUT2D eigenvalue weighted by Crippen LogP contribution is 2.09. The molecule has 0 heterocycles. The van der Waals surface area contributed by atoms with E-state index in [0.29, 0.717) is 0 Å². The number of halogens is 2. The van der Waals surface area contributed by atoms with Crippen LogP contribution in [0.15, 0.2) is 31.0 Å². The molecule has 0 atom stereocenters. The van der Waals surface area contributed by atoms with Crippen molar-refractivity contribution in [2.24, 2.45) is 0 Å². The number of ether oxygens (including phenoxy) is 1. The molecule has 0 spiro atoms. The lowest BCUT2D eigenvalue weighted by Gasteiger charge is -1.98. The maximum absolute atomic E-state index is 12.6. The summed E-state index contributed by atoms with van der Waals surface area (Å²) in [5.41, 5.74) is -0.0567. The first-order valence-electron chi connectivity index (χ1n) is 3.42. The highest BCUT2D eigenvalue weighted by Gasteiger charge is 2.09. The van der Waals surface area contributed by atoms with Gasteiger partial charge in [0.25, 0.3) is 0 Å². The quantitative estimate of drug-likeness (QED) is 0.520. The van der Waals surface area contributed by atoms with Gasteiger partial charge in [0.05, 0.1) is 11.8 Å². The van der Waals surface area contributed by atoms with Gasteiger partial charge in [0, 0.05) is 0 Å². The first kappa shape index (κ1) is 9.38. The number of hydrogen-bond donors (Lipinski definition) is 0. The van der Waals surface area contributed by atoms with Crippen LogP contribution in [0.1, 0.15) is 10.4 Å². The fourth-order valence-corrected chi connectivity index (χ4v) is 0.767. The number of rotatable bonds is 2. The molecule has 0 aliphatic rings. The van der Waals surface area contributed by atoms with Crippen LogP contribution in [0.3, 0.4) is 0 Å². The van der Waals surface area contributed by atoms with Crippen LogP contribution in [0, 0.1) is 11.6 Å². The molecule has 0 amide bonds. The second kappa shape index (κ2) is 3.80. The summed E-state index contributed by atoms with van der Waals surface area (Å²) in [6.07, 6.45) is 0.920. The van der Waals surface area contributed by atoms with E-state index in [1.54, 1.807) is 0 Å². The molecule has 0 bridgehead atoms. The van der Waals surface area contributed by atoms with E-state index in [0.717, 1.165) is 24.5 Å². The van der Waals surface area contributed by atoms with Gasteiger partial charge in [-0.1, -0.05) is 6.58 Å². The van der Waals surface area contributed by atoms with Gasteiger partial charge in [-0.15, -0.1) is 0 Å². The molecule has 68 valence electrons. The minimum Gasteiger partial charge on any atom is -0.432 e. The van der Waals surface area contributed by atoms with E-state index in [4.69, 9.17) is 0 Å². The molecule has 0 aliphatic heterocycles. The van der Waals surface area contributed by atoms with Gasteiger partial charge in [0.2, 0.25) is 0 Å². The molecule has 2 nitrogen and oxygen atoms in total. The molecular formula is C9H6F2O2. The monoisotopic (exact) mass is 184 g/mol. The van der Waals surface area contributed by atoms with Crippen molar-refractivity contribution in [3.8, 4) is 0 Å². The van der Waals surface area contributed by atoms with Crippen molar-refractivity contribution in [1.29, 1.82) is 0 Å². The van der Waals surface area contributed by atoms with Gasteiger partial charge in [-0.05, 0) is 18.2 Å². The number of carbonyl (C=O) groups excluding carboxylic acids is 1. The standard InChI is InChI=1S/C9H6F2O2/c1-2-13-9(12)6-3-4-7(10)8(11)5-6/h2-5H,1H2. The van der Waals surface area contributed by atoms with Crippen LogP contribution in [0.4, 0.5) is 8.78 Å². The lowest BCUT2D eigenvalue weighted by Crippen LogP contribution is -2.01. The van der Waals surface area contributed by atoms with Crippen LogP contribution >= 0.6 is 0 Å². The summed E-state index contributed by atoms with van der Waals surface area (Å²) in [4.78, 5) is 10.9. The third kappa shape index (κ3) is 2.11. The Bertz CT molecular complexity index is 347. The van der Waals surface area contributed by atoms with Gasteiger partial charge in [-0.25, -0.2) is 13.6 Å². The van der Waals surface area contributed by atoms with Gasteiger partial charge >= 0.3 is 5.97 Å². The molecule has 1 aromatic rings. The summed E-state index contributed by atoms with van der Waals surface area (Å²) in [6, 6.07) is 2.75. The summed E-state index contributed by atoms with van der Waals surface area (Å²) in [7, 11) is 0. The predicted molar refractivity (Wildman–Crippen MR) is 42.0 cm³/mol. The Morgan fingerprint density at radius 1 is 1.38 bits per heavy atom. The molecule has 0 radical (unpaired) electrons. The zero-order valence-corrected chi connectivity index (χ0v) is 6.59. The second-order valence-electron chi connectivity index (χ2n) is 2.20. The van der Waals surface area contributed by atoms with Crippen LogP contribution in [0.2, 0.25) is 0 Å². The Morgan fingerprint density at radius 3 is 2.62 bits per heavy atom. The van der Waals surface area contributed by atoms with E-state index in [-0.39, 0.29) is 5.56 Å².